The Kier molecular flexibility index (Phi) is 3.64. The second-order valence-electron chi connectivity index (χ2n) is 4.72. The SMILES string of the molecule is Cc1ccc([C@@H](C)NC(=O)c2c(C)ncn2C)cn1. The van der Waals surface area contributed by atoms with Crippen LogP contribution in [0.1, 0.15) is 40.4 Å². The number of nitrogens with zero attached hydrogens (tertiary/aromatic N) is 3. The number of rotatable bonds is 3. The molecule has 1 amide bonds. The molecule has 0 radical (unpaired) electrons. The second-order valence-corrected chi connectivity index (χ2v) is 4.72. The van der Waals surface area contributed by atoms with Crippen molar-refractivity contribution in [2.45, 2.75) is 26.8 Å². The molecule has 0 bridgehead atoms. The van der Waals surface area contributed by atoms with Crippen LogP contribution in [0.2, 0.25) is 0 Å². The molecular weight excluding hydrogens is 240 g/mol. The molecule has 100 valence electrons. The minimum Gasteiger partial charge on any atom is -0.344 e. The normalized spacial score (nSPS) is 12.2. The third kappa shape index (κ3) is 2.81. The summed E-state index contributed by atoms with van der Waals surface area (Å²) in [5.74, 6) is -0.120. The van der Waals surface area contributed by atoms with Gasteiger partial charge in [-0.25, -0.2) is 4.98 Å². The van der Waals surface area contributed by atoms with Gasteiger partial charge in [-0.05, 0) is 32.4 Å². The smallest absolute Gasteiger partial charge is 0.270 e. The van der Waals surface area contributed by atoms with Gasteiger partial charge in [0.25, 0.3) is 5.91 Å². The Morgan fingerprint density at radius 1 is 1.32 bits per heavy atom. The van der Waals surface area contributed by atoms with Crippen LogP contribution in [0, 0.1) is 13.8 Å². The topological polar surface area (TPSA) is 59.8 Å². The lowest BCUT2D eigenvalue weighted by Gasteiger charge is -2.14. The Morgan fingerprint density at radius 3 is 2.58 bits per heavy atom. The number of aromatic nitrogens is 3. The zero-order valence-electron chi connectivity index (χ0n) is 11.6. The van der Waals surface area contributed by atoms with Gasteiger partial charge in [-0.2, -0.15) is 0 Å². The third-order valence-electron chi connectivity index (χ3n) is 3.12. The van der Waals surface area contributed by atoms with E-state index in [9.17, 15) is 4.79 Å². The number of carbonyl (C=O) groups excluding carboxylic acids is 1. The highest BCUT2D eigenvalue weighted by Crippen LogP contribution is 2.13. The zero-order valence-corrected chi connectivity index (χ0v) is 11.6. The van der Waals surface area contributed by atoms with Gasteiger partial charge in [-0.3, -0.25) is 9.78 Å². The molecule has 2 heterocycles. The van der Waals surface area contributed by atoms with Crippen LogP contribution < -0.4 is 5.32 Å². The van der Waals surface area contributed by atoms with Crippen molar-refractivity contribution in [3.63, 3.8) is 0 Å². The molecule has 1 N–H and O–H groups in total. The van der Waals surface area contributed by atoms with Crippen molar-refractivity contribution >= 4 is 5.91 Å². The maximum absolute atomic E-state index is 12.2. The fourth-order valence-electron chi connectivity index (χ4n) is 1.96. The van der Waals surface area contributed by atoms with Crippen molar-refractivity contribution < 1.29 is 4.79 Å². The van der Waals surface area contributed by atoms with Crippen LogP contribution in [0.3, 0.4) is 0 Å². The van der Waals surface area contributed by atoms with Gasteiger partial charge >= 0.3 is 0 Å². The molecule has 2 rings (SSSR count). The largest absolute Gasteiger partial charge is 0.344 e. The summed E-state index contributed by atoms with van der Waals surface area (Å²) in [5.41, 5.74) is 3.27. The van der Waals surface area contributed by atoms with Gasteiger partial charge in [0, 0.05) is 18.9 Å². The molecule has 0 aliphatic rings. The summed E-state index contributed by atoms with van der Waals surface area (Å²) in [6.45, 7) is 5.70. The highest BCUT2D eigenvalue weighted by Gasteiger charge is 2.17. The number of hydrogen-bond donors (Lipinski definition) is 1. The quantitative estimate of drug-likeness (QED) is 0.915. The Morgan fingerprint density at radius 2 is 2.05 bits per heavy atom. The maximum atomic E-state index is 12.2. The lowest BCUT2D eigenvalue weighted by atomic mass is 10.1. The van der Waals surface area contributed by atoms with Crippen LogP contribution >= 0.6 is 0 Å². The van der Waals surface area contributed by atoms with E-state index in [1.165, 1.54) is 0 Å². The van der Waals surface area contributed by atoms with E-state index < -0.39 is 0 Å². The number of hydrogen-bond acceptors (Lipinski definition) is 3. The van der Waals surface area contributed by atoms with Crippen molar-refractivity contribution in [3.05, 3.63) is 47.3 Å². The molecule has 5 heteroatoms. The highest BCUT2D eigenvalue weighted by atomic mass is 16.2. The van der Waals surface area contributed by atoms with Crippen molar-refractivity contribution in [2.24, 2.45) is 7.05 Å². The third-order valence-corrected chi connectivity index (χ3v) is 3.12. The van der Waals surface area contributed by atoms with E-state index in [0.717, 1.165) is 17.0 Å². The predicted molar refractivity (Wildman–Crippen MR) is 72.8 cm³/mol. The first kappa shape index (κ1) is 13.3. The number of carbonyl (C=O) groups is 1. The molecule has 0 saturated heterocycles. The van der Waals surface area contributed by atoms with E-state index in [4.69, 9.17) is 0 Å². The van der Waals surface area contributed by atoms with Gasteiger partial charge < -0.3 is 9.88 Å². The van der Waals surface area contributed by atoms with Gasteiger partial charge in [0.15, 0.2) is 0 Å². The van der Waals surface area contributed by atoms with E-state index in [1.54, 1.807) is 17.1 Å². The molecule has 0 aliphatic heterocycles. The number of nitrogens with one attached hydrogen (secondary N) is 1. The van der Waals surface area contributed by atoms with E-state index in [0.29, 0.717) is 5.69 Å². The van der Waals surface area contributed by atoms with Gasteiger partial charge in [-0.1, -0.05) is 6.07 Å². The molecule has 0 aromatic carbocycles. The van der Waals surface area contributed by atoms with Crippen LogP contribution in [0.5, 0.6) is 0 Å². The number of imidazole rings is 1. The van der Waals surface area contributed by atoms with Crippen LogP contribution in [0.25, 0.3) is 0 Å². The second kappa shape index (κ2) is 5.22. The van der Waals surface area contributed by atoms with Gasteiger partial charge in [0.05, 0.1) is 18.1 Å². The monoisotopic (exact) mass is 258 g/mol. The molecule has 5 nitrogen and oxygen atoms in total. The summed E-state index contributed by atoms with van der Waals surface area (Å²) in [4.78, 5) is 20.6. The average Bonchev–Trinajstić information content (AvgIpc) is 2.69. The standard InChI is InChI=1S/C14H18N4O/c1-9-5-6-12(7-15-9)10(2)17-14(19)13-11(3)16-8-18(13)4/h5-8,10H,1-4H3,(H,17,19)/t10-/m1/s1. The fraction of sp³-hybridized carbons (Fsp3) is 0.357. The number of pyridine rings is 1. The number of amides is 1. The van der Waals surface area contributed by atoms with Gasteiger partial charge in [0.2, 0.25) is 0 Å². The Bertz CT molecular complexity index is 566. The summed E-state index contributed by atoms with van der Waals surface area (Å²) in [5, 5.41) is 2.96. The number of aryl methyl sites for hydroxylation is 3. The summed E-state index contributed by atoms with van der Waals surface area (Å²) in [6, 6.07) is 3.83. The summed E-state index contributed by atoms with van der Waals surface area (Å²) < 4.78 is 1.73. The van der Waals surface area contributed by atoms with Gasteiger partial charge in [-0.15, -0.1) is 0 Å². The van der Waals surface area contributed by atoms with E-state index >= 15 is 0 Å². The molecule has 0 unspecified atom stereocenters. The van der Waals surface area contributed by atoms with E-state index in [2.05, 4.69) is 15.3 Å². The van der Waals surface area contributed by atoms with Crippen LogP contribution in [-0.4, -0.2) is 20.4 Å². The first-order valence-corrected chi connectivity index (χ1v) is 6.20. The summed E-state index contributed by atoms with van der Waals surface area (Å²) in [6.07, 6.45) is 3.43. The van der Waals surface area contributed by atoms with Crippen molar-refractivity contribution in [1.82, 2.24) is 19.9 Å². The molecule has 0 saturated carbocycles. The maximum Gasteiger partial charge on any atom is 0.270 e. The zero-order chi connectivity index (χ0) is 14.0. The first-order chi connectivity index (χ1) is 8.99. The molecule has 0 fully saturated rings. The minimum absolute atomic E-state index is 0.0881. The summed E-state index contributed by atoms with van der Waals surface area (Å²) in [7, 11) is 1.81. The van der Waals surface area contributed by atoms with Crippen LogP contribution in [-0.2, 0) is 7.05 Å². The van der Waals surface area contributed by atoms with E-state index in [-0.39, 0.29) is 11.9 Å². The lowest BCUT2D eigenvalue weighted by Crippen LogP contribution is -2.28. The molecule has 2 aromatic heterocycles. The molecule has 0 aliphatic carbocycles. The average molecular weight is 258 g/mol. The first-order valence-electron chi connectivity index (χ1n) is 6.20. The lowest BCUT2D eigenvalue weighted by molar-refractivity contribution is 0.0931. The Labute approximate surface area is 112 Å². The molecule has 2 aromatic rings. The minimum atomic E-state index is -0.120. The molecule has 0 spiro atoms. The Hall–Kier alpha value is -2.17. The van der Waals surface area contributed by atoms with Gasteiger partial charge in [0.1, 0.15) is 5.69 Å². The fourth-order valence-corrected chi connectivity index (χ4v) is 1.96. The summed E-state index contributed by atoms with van der Waals surface area (Å²) >= 11 is 0. The van der Waals surface area contributed by atoms with Crippen molar-refractivity contribution in [1.29, 1.82) is 0 Å². The molecular formula is C14H18N4O. The van der Waals surface area contributed by atoms with Crippen molar-refractivity contribution in [3.8, 4) is 0 Å². The van der Waals surface area contributed by atoms with E-state index in [1.807, 2.05) is 40.0 Å². The van der Waals surface area contributed by atoms with Crippen LogP contribution in [0.15, 0.2) is 24.7 Å². The van der Waals surface area contributed by atoms with Crippen LogP contribution in [0.4, 0.5) is 0 Å². The highest BCUT2D eigenvalue weighted by molar-refractivity contribution is 5.93. The van der Waals surface area contributed by atoms with Crippen molar-refractivity contribution in [2.75, 3.05) is 0 Å². The molecule has 1 atom stereocenters. The Balaban J connectivity index is 2.13. The molecule has 19 heavy (non-hydrogen) atoms. The predicted octanol–water partition coefficient (Wildman–Crippen LogP) is 1.92.